The number of ether oxygens (including phenoxy) is 2. The van der Waals surface area contributed by atoms with E-state index in [2.05, 4.69) is 34.9 Å². The van der Waals surface area contributed by atoms with Crippen LogP contribution in [0, 0.1) is 5.92 Å². The Morgan fingerprint density at radius 3 is 2.82 bits per heavy atom. The van der Waals surface area contributed by atoms with E-state index in [1.807, 2.05) is 30.3 Å². The lowest BCUT2D eigenvalue weighted by Gasteiger charge is -2.64. The highest BCUT2D eigenvalue weighted by atomic mass is 16.5. The Bertz CT molecular complexity index is 1140. The lowest BCUT2D eigenvalue weighted by atomic mass is 9.46. The van der Waals surface area contributed by atoms with Crippen molar-refractivity contribution in [1.82, 2.24) is 9.80 Å². The third-order valence-electron chi connectivity index (χ3n) is 9.87. The molecule has 0 N–H and O–H groups in total. The van der Waals surface area contributed by atoms with Crippen LogP contribution in [-0.2, 0) is 16.6 Å². The molecule has 5 unspecified atom stereocenters. The Labute approximate surface area is 202 Å². The smallest absolute Gasteiger partial charge is 0.254 e. The molecular weight excluding hydrogens is 424 g/mol. The molecule has 178 valence electrons. The minimum Gasteiger partial charge on any atom is -0.497 e. The van der Waals surface area contributed by atoms with E-state index in [1.54, 1.807) is 7.11 Å². The molecule has 1 saturated carbocycles. The van der Waals surface area contributed by atoms with Crippen LogP contribution in [0.4, 0.5) is 0 Å². The Morgan fingerprint density at radius 1 is 1.18 bits per heavy atom. The molecule has 5 heteroatoms. The fraction of sp³-hybridized carbons (Fsp3) is 0.552. The Balaban J connectivity index is 1.36. The Hall–Kier alpha value is -2.37. The molecule has 5 nitrogen and oxygen atoms in total. The summed E-state index contributed by atoms with van der Waals surface area (Å²) in [6.45, 7) is 5.25. The van der Waals surface area contributed by atoms with E-state index in [9.17, 15) is 4.79 Å². The second-order valence-electron chi connectivity index (χ2n) is 11.0. The fourth-order valence-electron chi connectivity index (χ4n) is 8.82. The molecule has 2 aromatic rings. The number of amides is 1. The van der Waals surface area contributed by atoms with E-state index in [1.165, 1.54) is 17.5 Å². The number of benzene rings is 2. The molecule has 3 saturated heterocycles. The molecule has 3 heterocycles. The van der Waals surface area contributed by atoms with Gasteiger partial charge in [-0.2, -0.15) is 0 Å². The fourth-order valence-corrected chi connectivity index (χ4v) is 8.82. The minimum absolute atomic E-state index is 0.0384. The molecule has 5 aliphatic rings. The van der Waals surface area contributed by atoms with Gasteiger partial charge in [0.15, 0.2) is 0 Å². The SMILES string of the molecule is CCCN1CCC23c4cc(OC)ccc4CC1C21CCC2C3[C@@H](CN2C(=O)c2ccccc2)O1. The molecule has 4 bridgehead atoms. The van der Waals surface area contributed by atoms with E-state index < -0.39 is 0 Å². The van der Waals surface area contributed by atoms with Crippen LogP contribution in [0.15, 0.2) is 48.5 Å². The van der Waals surface area contributed by atoms with Crippen LogP contribution in [0.2, 0.25) is 0 Å². The van der Waals surface area contributed by atoms with Crippen molar-refractivity contribution in [3.63, 3.8) is 0 Å². The van der Waals surface area contributed by atoms with E-state index in [-0.39, 0.29) is 29.1 Å². The second-order valence-corrected chi connectivity index (χ2v) is 11.0. The van der Waals surface area contributed by atoms with Gasteiger partial charge in [-0.3, -0.25) is 9.69 Å². The highest BCUT2D eigenvalue weighted by molar-refractivity contribution is 5.94. The van der Waals surface area contributed by atoms with E-state index in [4.69, 9.17) is 9.47 Å². The van der Waals surface area contributed by atoms with Gasteiger partial charge < -0.3 is 14.4 Å². The average molecular weight is 459 g/mol. The van der Waals surface area contributed by atoms with E-state index in [0.717, 1.165) is 50.1 Å². The van der Waals surface area contributed by atoms with Gasteiger partial charge in [0.25, 0.3) is 5.91 Å². The maximum atomic E-state index is 13.6. The zero-order valence-electron chi connectivity index (χ0n) is 20.2. The molecule has 0 spiro atoms. The number of likely N-dealkylation sites (tertiary alicyclic amines) is 2. The molecule has 7 rings (SSSR count). The van der Waals surface area contributed by atoms with Crippen LogP contribution in [0.1, 0.15) is 54.1 Å². The number of hydrogen-bond donors (Lipinski definition) is 0. The van der Waals surface area contributed by atoms with Gasteiger partial charge in [-0.1, -0.05) is 31.2 Å². The van der Waals surface area contributed by atoms with Crippen molar-refractivity contribution in [2.45, 2.75) is 68.2 Å². The summed E-state index contributed by atoms with van der Waals surface area (Å²) in [5.41, 5.74) is 3.51. The summed E-state index contributed by atoms with van der Waals surface area (Å²) in [5.74, 6) is 1.45. The topological polar surface area (TPSA) is 42.0 Å². The molecule has 0 radical (unpaired) electrons. The van der Waals surface area contributed by atoms with Gasteiger partial charge in [0.05, 0.1) is 18.8 Å². The van der Waals surface area contributed by atoms with Crippen molar-refractivity contribution in [1.29, 1.82) is 0 Å². The molecule has 34 heavy (non-hydrogen) atoms. The molecule has 0 aromatic heterocycles. The number of hydrogen-bond acceptors (Lipinski definition) is 4. The van der Waals surface area contributed by atoms with Crippen molar-refractivity contribution >= 4 is 5.91 Å². The first-order valence-corrected chi connectivity index (χ1v) is 13.1. The summed E-state index contributed by atoms with van der Waals surface area (Å²) >= 11 is 0. The van der Waals surface area contributed by atoms with Gasteiger partial charge in [-0.15, -0.1) is 0 Å². The van der Waals surface area contributed by atoms with Crippen molar-refractivity contribution < 1.29 is 14.3 Å². The van der Waals surface area contributed by atoms with Crippen LogP contribution in [0.25, 0.3) is 0 Å². The molecule has 2 aromatic carbocycles. The molecule has 1 amide bonds. The zero-order valence-corrected chi connectivity index (χ0v) is 20.2. The molecular formula is C29H34N2O3. The summed E-state index contributed by atoms with van der Waals surface area (Å²) in [6, 6.07) is 17.2. The normalized spacial score (nSPS) is 37.3. The largest absolute Gasteiger partial charge is 0.497 e. The maximum absolute atomic E-state index is 13.6. The summed E-state index contributed by atoms with van der Waals surface area (Å²) in [5, 5.41) is 0. The van der Waals surface area contributed by atoms with Crippen molar-refractivity contribution in [2.75, 3.05) is 26.7 Å². The number of fused-ring (bicyclic) bond motifs is 1. The highest BCUT2D eigenvalue weighted by Crippen LogP contribution is 2.69. The molecule has 6 atom stereocenters. The predicted molar refractivity (Wildman–Crippen MR) is 130 cm³/mol. The van der Waals surface area contributed by atoms with Crippen molar-refractivity contribution in [2.24, 2.45) is 5.92 Å². The van der Waals surface area contributed by atoms with Gasteiger partial charge in [0.2, 0.25) is 0 Å². The first-order chi connectivity index (χ1) is 16.6. The van der Waals surface area contributed by atoms with E-state index in [0.29, 0.717) is 18.5 Å². The van der Waals surface area contributed by atoms with Gasteiger partial charge in [0.1, 0.15) is 5.75 Å². The van der Waals surface area contributed by atoms with Crippen LogP contribution in [0.3, 0.4) is 0 Å². The van der Waals surface area contributed by atoms with Gasteiger partial charge in [-0.05, 0) is 80.6 Å². The zero-order chi connectivity index (χ0) is 23.1. The maximum Gasteiger partial charge on any atom is 0.254 e. The highest BCUT2D eigenvalue weighted by Gasteiger charge is 2.78. The Kier molecular flexibility index (Phi) is 4.51. The number of rotatable bonds is 4. The number of methoxy groups -OCH3 is 1. The number of carbonyl (C=O) groups is 1. The number of nitrogens with zero attached hydrogens (tertiary/aromatic N) is 2. The van der Waals surface area contributed by atoms with Gasteiger partial charge in [0, 0.05) is 35.5 Å². The van der Waals surface area contributed by atoms with Crippen LogP contribution < -0.4 is 4.74 Å². The monoisotopic (exact) mass is 458 g/mol. The molecule has 2 aliphatic carbocycles. The minimum atomic E-state index is -0.145. The first kappa shape index (κ1) is 21.0. The summed E-state index contributed by atoms with van der Waals surface area (Å²) in [7, 11) is 1.76. The van der Waals surface area contributed by atoms with Crippen molar-refractivity contribution in [3.05, 3.63) is 65.2 Å². The third kappa shape index (κ3) is 2.45. The molecule has 4 fully saturated rings. The standard InChI is InChI=1S/C29H34N2O3/c1-3-14-30-15-13-28-22-17-21(33-2)10-9-20(22)16-25(30)29(28)12-11-23-26(28)24(34-29)18-31(23)27(32)19-7-5-4-6-8-19/h4-10,17,23-26H,3,11-16,18H2,1-2H3/t23?,24-,25?,26?,28?,29?/m1/s1. The van der Waals surface area contributed by atoms with Crippen LogP contribution >= 0.6 is 0 Å². The summed E-state index contributed by atoms with van der Waals surface area (Å²) < 4.78 is 13.0. The average Bonchev–Trinajstić information content (AvgIpc) is 3.32. The van der Waals surface area contributed by atoms with Gasteiger partial charge >= 0.3 is 0 Å². The molecule has 3 aliphatic heterocycles. The first-order valence-electron chi connectivity index (χ1n) is 13.1. The number of piperidine rings is 1. The van der Waals surface area contributed by atoms with Crippen LogP contribution in [0.5, 0.6) is 5.75 Å². The second kappa shape index (κ2) is 7.32. The lowest BCUT2D eigenvalue weighted by molar-refractivity contribution is -0.170. The summed E-state index contributed by atoms with van der Waals surface area (Å²) in [4.78, 5) is 18.5. The van der Waals surface area contributed by atoms with E-state index >= 15 is 0 Å². The number of carbonyl (C=O) groups excluding carboxylic acids is 1. The third-order valence-corrected chi connectivity index (χ3v) is 9.87. The quantitative estimate of drug-likeness (QED) is 0.693. The lowest BCUT2D eigenvalue weighted by Crippen LogP contribution is -2.74. The Morgan fingerprint density at radius 2 is 2.03 bits per heavy atom. The summed E-state index contributed by atoms with van der Waals surface area (Å²) in [6.07, 6.45) is 5.51. The predicted octanol–water partition coefficient (Wildman–Crippen LogP) is 4.05. The van der Waals surface area contributed by atoms with Crippen LogP contribution in [-0.4, -0.2) is 66.2 Å². The van der Waals surface area contributed by atoms with Gasteiger partial charge in [-0.25, -0.2) is 0 Å². The van der Waals surface area contributed by atoms with Crippen molar-refractivity contribution in [3.8, 4) is 5.75 Å².